The summed E-state index contributed by atoms with van der Waals surface area (Å²) in [6.07, 6.45) is 7.33. The number of nitrogens with zero attached hydrogens (tertiary/aromatic N) is 2. The van der Waals surface area contributed by atoms with Crippen molar-refractivity contribution in [1.29, 1.82) is 0 Å². The number of likely N-dealkylation sites (N-methyl/N-ethyl adjacent to an activating group) is 1. The first-order valence-corrected chi connectivity index (χ1v) is 7.51. The summed E-state index contributed by atoms with van der Waals surface area (Å²) in [5.74, 6) is 0. The van der Waals surface area contributed by atoms with Crippen LogP contribution in [0.25, 0.3) is 0 Å². The fourth-order valence-electron chi connectivity index (χ4n) is 3.36. The third kappa shape index (κ3) is 3.57. The molecule has 0 radical (unpaired) electrons. The van der Waals surface area contributed by atoms with Gasteiger partial charge < -0.3 is 10.5 Å². The van der Waals surface area contributed by atoms with Crippen molar-refractivity contribution in [3.05, 3.63) is 30.1 Å². The molecule has 1 aliphatic heterocycles. The Bertz CT molecular complexity index is 399. The summed E-state index contributed by atoms with van der Waals surface area (Å²) < 4.78 is 5.87. The van der Waals surface area contributed by atoms with Crippen LogP contribution in [-0.2, 0) is 11.2 Å². The van der Waals surface area contributed by atoms with Gasteiger partial charge in [0, 0.05) is 31.0 Å². The number of ether oxygens (including phenoxy) is 1. The highest BCUT2D eigenvalue weighted by Gasteiger charge is 2.40. The predicted molar refractivity (Wildman–Crippen MR) is 81.6 cm³/mol. The minimum Gasteiger partial charge on any atom is -0.375 e. The van der Waals surface area contributed by atoms with E-state index in [4.69, 9.17) is 10.5 Å². The molecule has 1 aromatic rings. The lowest BCUT2D eigenvalue weighted by atomic mass is 9.82. The van der Waals surface area contributed by atoms with Crippen LogP contribution >= 0.6 is 0 Å². The van der Waals surface area contributed by atoms with E-state index in [0.717, 1.165) is 25.8 Å². The molecule has 1 fully saturated rings. The molecule has 4 nitrogen and oxygen atoms in total. The monoisotopic (exact) mass is 277 g/mol. The Morgan fingerprint density at radius 2 is 1.90 bits per heavy atom. The summed E-state index contributed by atoms with van der Waals surface area (Å²) in [4.78, 5) is 6.50. The lowest BCUT2D eigenvalue weighted by Gasteiger charge is -2.48. The van der Waals surface area contributed by atoms with Crippen LogP contribution in [0.1, 0.15) is 32.3 Å². The second-order valence-electron chi connectivity index (χ2n) is 6.12. The lowest BCUT2D eigenvalue weighted by Crippen LogP contribution is -2.58. The molecule has 0 spiro atoms. The molecule has 2 unspecified atom stereocenters. The smallest absolute Gasteiger partial charge is 0.0568 e. The van der Waals surface area contributed by atoms with Gasteiger partial charge in [-0.05, 0) is 57.9 Å². The Hall–Kier alpha value is -0.970. The zero-order valence-corrected chi connectivity index (χ0v) is 12.9. The van der Waals surface area contributed by atoms with Gasteiger partial charge in [-0.1, -0.05) is 0 Å². The minimum absolute atomic E-state index is 0.0735. The van der Waals surface area contributed by atoms with Gasteiger partial charge in [-0.25, -0.2) is 0 Å². The molecular weight excluding hydrogens is 250 g/mol. The first kappa shape index (κ1) is 15.4. The number of hydrogen-bond donors (Lipinski definition) is 1. The van der Waals surface area contributed by atoms with E-state index in [1.54, 1.807) is 0 Å². The highest BCUT2D eigenvalue weighted by molar-refractivity contribution is 5.10. The molecule has 4 heteroatoms. The number of hydrogen-bond acceptors (Lipinski definition) is 4. The Kier molecular flexibility index (Phi) is 5.13. The standard InChI is InChI=1S/C16H27N3O/c1-13-10-16(12-17,11-14(2)20-13)19(3)9-6-15-4-7-18-8-5-15/h4-5,7-8,13-14H,6,9-12,17H2,1-3H3. The summed E-state index contributed by atoms with van der Waals surface area (Å²) in [5, 5.41) is 0. The summed E-state index contributed by atoms with van der Waals surface area (Å²) in [6, 6.07) is 4.16. The van der Waals surface area contributed by atoms with Gasteiger partial charge in [-0.3, -0.25) is 9.88 Å². The molecule has 1 saturated heterocycles. The van der Waals surface area contributed by atoms with Gasteiger partial charge in [-0.2, -0.15) is 0 Å². The van der Waals surface area contributed by atoms with Gasteiger partial charge in [-0.15, -0.1) is 0 Å². The van der Waals surface area contributed by atoms with Crippen molar-refractivity contribution in [1.82, 2.24) is 9.88 Å². The third-order valence-corrected chi connectivity index (χ3v) is 4.47. The summed E-state index contributed by atoms with van der Waals surface area (Å²) in [5.41, 5.74) is 7.52. The van der Waals surface area contributed by atoms with Crippen molar-refractivity contribution in [2.24, 2.45) is 5.73 Å². The first-order chi connectivity index (χ1) is 9.55. The number of pyridine rings is 1. The van der Waals surface area contributed by atoms with Crippen LogP contribution in [0.5, 0.6) is 0 Å². The topological polar surface area (TPSA) is 51.4 Å². The van der Waals surface area contributed by atoms with Gasteiger partial charge in [0.1, 0.15) is 0 Å². The van der Waals surface area contributed by atoms with E-state index in [1.807, 2.05) is 12.4 Å². The van der Waals surface area contributed by atoms with Gasteiger partial charge >= 0.3 is 0 Å². The van der Waals surface area contributed by atoms with Gasteiger partial charge in [0.2, 0.25) is 0 Å². The van der Waals surface area contributed by atoms with E-state index in [9.17, 15) is 0 Å². The third-order valence-electron chi connectivity index (χ3n) is 4.47. The number of aromatic nitrogens is 1. The first-order valence-electron chi connectivity index (χ1n) is 7.51. The van der Waals surface area contributed by atoms with Crippen LogP contribution in [0.4, 0.5) is 0 Å². The van der Waals surface area contributed by atoms with E-state index < -0.39 is 0 Å². The maximum absolute atomic E-state index is 6.13. The van der Waals surface area contributed by atoms with E-state index in [0.29, 0.717) is 6.54 Å². The second kappa shape index (κ2) is 6.66. The van der Waals surface area contributed by atoms with Crippen LogP contribution in [0, 0.1) is 0 Å². The van der Waals surface area contributed by atoms with Crippen molar-refractivity contribution in [2.75, 3.05) is 20.1 Å². The Morgan fingerprint density at radius 1 is 1.30 bits per heavy atom. The fraction of sp³-hybridized carbons (Fsp3) is 0.688. The molecule has 0 bridgehead atoms. The molecule has 0 amide bonds. The van der Waals surface area contributed by atoms with E-state index in [1.165, 1.54) is 5.56 Å². The molecule has 112 valence electrons. The second-order valence-corrected chi connectivity index (χ2v) is 6.12. The largest absolute Gasteiger partial charge is 0.375 e. The van der Waals surface area contributed by atoms with Gasteiger partial charge in [0.25, 0.3) is 0 Å². The van der Waals surface area contributed by atoms with E-state index >= 15 is 0 Å². The molecule has 0 aromatic carbocycles. The van der Waals surface area contributed by atoms with Crippen molar-refractivity contribution in [2.45, 2.75) is 50.9 Å². The maximum Gasteiger partial charge on any atom is 0.0568 e. The summed E-state index contributed by atoms with van der Waals surface area (Å²) in [6.45, 7) is 6.01. The molecule has 2 atom stereocenters. The zero-order valence-electron chi connectivity index (χ0n) is 12.9. The molecular formula is C16H27N3O. The van der Waals surface area contributed by atoms with Crippen LogP contribution in [0.2, 0.25) is 0 Å². The molecule has 1 aromatic heterocycles. The maximum atomic E-state index is 6.13. The number of rotatable bonds is 5. The number of nitrogens with two attached hydrogens (primary N) is 1. The Labute approximate surface area is 122 Å². The normalized spacial score (nSPS) is 30.6. The molecule has 1 aliphatic rings. The highest BCUT2D eigenvalue weighted by atomic mass is 16.5. The molecule has 0 saturated carbocycles. The van der Waals surface area contributed by atoms with Crippen LogP contribution in [0.15, 0.2) is 24.5 Å². The quantitative estimate of drug-likeness (QED) is 0.892. The van der Waals surface area contributed by atoms with Gasteiger partial charge in [0.15, 0.2) is 0 Å². The molecule has 0 aliphatic carbocycles. The van der Waals surface area contributed by atoms with Crippen molar-refractivity contribution in [3.63, 3.8) is 0 Å². The van der Waals surface area contributed by atoms with Crippen molar-refractivity contribution >= 4 is 0 Å². The zero-order chi connectivity index (χ0) is 14.6. The molecule has 2 heterocycles. The summed E-state index contributed by atoms with van der Waals surface area (Å²) >= 11 is 0. The fourth-order valence-corrected chi connectivity index (χ4v) is 3.36. The van der Waals surface area contributed by atoms with E-state index in [2.05, 4.69) is 42.9 Å². The molecule has 2 N–H and O–H groups in total. The average molecular weight is 277 g/mol. The van der Waals surface area contributed by atoms with E-state index in [-0.39, 0.29) is 17.7 Å². The van der Waals surface area contributed by atoms with Crippen molar-refractivity contribution in [3.8, 4) is 0 Å². The highest BCUT2D eigenvalue weighted by Crippen LogP contribution is 2.32. The van der Waals surface area contributed by atoms with Crippen LogP contribution in [0.3, 0.4) is 0 Å². The SMILES string of the molecule is CC1CC(CN)(N(C)CCc2ccncc2)CC(C)O1. The lowest BCUT2D eigenvalue weighted by molar-refractivity contribution is -0.0972. The predicted octanol–water partition coefficient (Wildman–Crippen LogP) is 1.84. The average Bonchev–Trinajstić information content (AvgIpc) is 2.44. The van der Waals surface area contributed by atoms with Crippen LogP contribution < -0.4 is 5.73 Å². The van der Waals surface area contributed by atoms with Crippen molar-refractivity contribution < 1.29 is 4.74 Å². The Morgan fingerprint density at radius 3 is 2.45 bits per heavy atom. The minimum atomic E-state index is 0.0735. The van der Waals surface area contributed by atoms with Crippen LogP contribution in [-0.4, -0.2) is 47.8 Å². The molecule has 20 heavy (non-hydrogen) atoms. The van der Waals surface area contributed by atoms with Gasteiger partial charge in [0.05, 0.1) is 12.2 Å². The molecule has 2 rings (SSSR count). The summed E-state index contributed by atoms with van der Waals surface area (Å²) in [7, 11) is 2.19. The Balaban J connectivity index is 1.99.